The molecule has 6 nitrogen and oxygen atoms in total. The topological polar surface area (TPSA) is 76.7 Å². The molecule has 2 aromatic rings. The standard InChI is InChI=1S/C19H19ClN2O4/c1-12(23)13-4-2-5-14(8-13)22-19(24)11-21-16-10-18-17(9-15(16)20)25-6-3-7-26-18/h2,4-5,8-10,21H,3,6-7,11H2,1H3,(H,22,24). The lowest BCUT2D eigenvalue weighted by molar-refractivity contribution is -0.114. The van der Waals surface area contributed by atoms with Crippen molar-refractivity contribution in [3.63, 3.8) is 0 Å². The van der Waals surface area contributed by atoms with E-state index in [4.69, 9.17) is 21.1 Å². The van der Waals surface area contributed by atoms with E-state index in [-0.39, 0.29) is 18.2 Å². The molecule has 1 aliphatic rings. The molecule has 0 bridgehead atoms. The number of ketones is 1. The number of Topliss-reactive ketones (excluding diaryl/α,β-unsaturated/α-hetero) is 1. The summed E-state index contributed by atoms with van der Waals surface area (Å²) in [4.78, 5) is 23.6. The van der Waals surface area contributed by atoms with Gasteiger partial charge in [0.2, 0.25) is 5.91 Å². The molecule has 0 spiro atoms. The first-order valence-corrected chi connectivity index (χ1v) is 8.64. The zero-order valence-corrected chi connectivity index (χ0v) is 15.1. The predicted molar refractivity (Wildman–Crippen MR) is 101 cm³/mol. The number of carbonyl (C=O) groups excluding carboxylic acids is 2. The lowest BCUT2D eigenvalue weighted by Gasteiger charge is -2.13. The van der Waals surface area contributed by atoms with Crippen molar-refractivity contribution >= 4 is 34.7 Å². The molecule has 0 radical (unpaired) electrons. The van der Waals surface area contributed by atoms with Crippen molar-refractivity contribution in [1.82, 2.24) is 0 Å². The molecule has 2 aromatic carbocycles. The summed E-state index contributed by atoms with van der Waals surface area (Å²) in [6, 6.07) is 10.2. The van der Waals surface area contributed by atoms with E-state index < -0.39 is 0 Å². The van der Waals surface area contributed by atoms with E-state index in [9.17, 15) is 9.59 Å². The number of benzene rings is 2. The largest absolute Gasteiger partial charge is 0.490 e. The highest BCUT2D eigenvalue weighted by Gasteiger charge is 2.14. The number of hydrogen-bond donors (Lipinski definition) is 2. The van der Waals surface area contributed by atoms with Gasteiger partial charge in [-0.2, -0.15) is 0 Å². The van der Waals surface area contributed by atoms with Gasteiger partial charge in [0.1, 0.15) is 0 Å². The van der Waals surface area contributed by atoms with Gasteiger partial charge in [-0.1, -0.05) is 23.7 Å². The lowest BCUT2D eigenvalue weighted by Crippen LogP contribution is -2.22. The Balaban J connectivity index is 1.63. The van der Waals surface area contributed by atoms with Crippen LogP contribution in [0.2, 0.25) is 5.02 Å². The Kier molecular flexibility index (Phi) is 5.63. The van der Waals surface area contributed by atoms with Gasteiger partial charge < -0.3 is 20.1 Å². The quantitative estimate of drug-likeness (QED) is 0.779. The van der Waals surface area contributed by atoms with Gasteiger partial charge in [-0.25, -0.2) is 0 Å². The summed E-state index contributed by atoms with van der Waals surface area (Å²) < 4.78 is 11.2. The molecule has 2 N–H and O–H groups in total. The zero-order chi connectivity index (χ0) is 18.5. The second-order valence-electron chi connectivity index (χ2n) is 5.87. The first-order chi connectivity index (χ1) is 12.5. The Bertz CT molecular complexity index is 838. The molecule has 1 amide bonds. The van der Waals surface area contributed by atoms with Gasteiger partial charge in [0.15, 0.2) is 17.3 Å². The fraction of sp³-hybridized carbons (Fsp3) is 0.263. The van der Waals surface area contributed by atoms with E-state index in [2.05, 4.69) is 10.6 Å². The highest BCUT2D eigenvalue weighted by molar-refractivity contribution is 6.33. The first-order valence-electron chi connectivity index (χ1n) is 8.27. The maximum atomic E-state index is 12.2. The van der Waals surface area contributed by atoms with Gasteiger partial charge in [0, 0.05) is 29.8 Å². The van der Waals surface area contributed by atoms with E-state index in [1.807, 2.05) is 0 Å². The molecule has 1 heterocycles. The molecule has 0 unspecified atom stereocenters. The van der Waals surface area contributed by atoms with E-state index in [1.165, 1.54) is 6.92 Å². The predicted octanol–water partition coefficient (Wildman–Crippen LogP) is 3.75. The van der Waals surface area contributed by atoms with Gasteiger partial charge >= 0.3 is 0 Å². The number of ether oxygens (including phenoxy) is 2. The van der Waals surface area contributed by atoms with Crippen molar-refractivity contribution in [3.8, 4) is 11.5 Å². The fourth-order valence-electron chi connectivity index (χ4n) is 2.52. The van der Waals surface area contributed by atoms with E-state index in [0.29, 0.717) is 46.7 Å². The Morgan fingerprint density at radius 2 is 1.85 bits per heavy atom. The molecular formula is C19H19ClN2O4. The summed E-state index contributed by atoms with van der Waals surface area (Å²) in [6.07, 6.45) is 0.802. The third kappa shape index (κ3) is 4.46. The minimum atomic E-state index is -0.256. The second kappa shape index (κ2) is 8.10. The molecule has 0 aromatic heterocycles. The summed E-state index contributed by atoms with van der Waals surface area (Å²) >= 11 is 6.25. The van der Waals surface area contributed by atoms with Crippen LogP contribution in [0.25, 0.3) is 0 Å². The van der Waals surface area contributed by atoms with Crippen molar-refractivity contribution in [2.75, 3.05) is 30.4 Å². The Labute approximate surface area is 156 Å². The molecule has 26 heavy (non-hydrogen) atoms. The monoisotopic (exact) mass is 374 g/mol. The van der Waals surface area contributed by atoms with Crippen LogP contribution in [0.3, 0.4) is 0 Å². The fourth-order valence-corrected chi connectivity index (χ4v) is 2.74. The van der Waals surface area contributed by atoms with Crippen LogP contribution in [0.15, 0.2) is 36.4 Å². The third-order valence-corrected chi connectivity index (χ3v) is 4.14. The van der Waals surface area contributed by atoms with Crippen molar-refractivity contribution in [2.24, 2.45) is 0 Å². The maximum Gasteiger partial charge on any atom is 0.243 e. The minimum Gasteiger partial charge on any atom is -0.490 e. The van der Waals surface area contributed by atoms with Crippen LogP contribution in [0.1, 0.15) is 23.7 Å². The number of fused-ring (bicyclic) bond motifs is 1. The minimum absolute atomic E-state index is 0.0175. The summed E-state index contributed by atoms with van der Waals surface area (Å²) in [5.41, 5.74) is 1.69. The number of halogens is 1. The number of rotatable bonds is 5. The van der Waals surface area contributed by atoms with Crippen LogP contribution in [0.4, 0.5) is 11.4 Å². The molecule has 3 rings (SSSR count). The molecule has 0 saturated heterocycles. The number of anilines is 2. The molecular weight excluding hydrogens is 356 g/mol. The van der Waals surface area contributed by atoms with Crippen LogP contribution in [-0.4, -0.2) is 31.4 Å². The Morgan fingerprint density at radius 1 is 1.12 bits per heavy atom. The first kappa shape index (κ1) is 18.1. The SMILES string of the molecule is CC(=O)c1cccc(NC(=O)CNc2cc3c(cc2Cl)OCCCO3)c1. The van der Waals surface area contributed by atoms with Gasteiger partial charge in [-0.3, -0.25) is 9.59 Å². The molecule has 0 aliphatic carbocycles. The summed E-state index contributed by atoms with van der Waals surface area (Å²) in [5.74, 6) is 0.889. The summed E-state index contributed by atoms with van der Waals surface area (Å²) in [7, 11) is 0. The smallest absolute Gasteiger partial charge is 0.243 e. The van der Waals surface area contributed by atoms with Crippen LogP contribution < -0.4 is 20.1 Å². The highest BCUT2D eigenvalue weighted by atomic mass is 35.5. The number of nitrogens with one attached hydrogen (secondary N) is 2. The molecule has 136 valence electrons. The molecule has 7 heteroatoms. The Hall–Kier alpha value is -2.73. The van der Waals surface area contributed by atoms with Gasteiger partial charge in [-0.05, 0) is 19.1 Å². The van der Waals surface area contributed by atoms with Crippen LogP contribution in [-0.2, 0) is 4.79 Å². The normalized spacial score (nSPS) is 12.8. The van der Waals surface area contributed by atoms with Crippen LogP contribution in [0, 0.1) is 0 Å². The van der Waals surface area contributed by atoms with Crippen LogP contribution >= 0.6 is 11.6 Å². The second-order valence-corrected chi connectivity index (χ2v) is 6.28. The van der Waals surface area contributed by atoms with E-state index in [1.54, 1.807) is 36.4 Å². The lowest BCUT2D eigenvalue weighted by atomic mass is 10.1. The molecule has 1 aliphatic heterocycles. The molecule has 0 atom stereocenters. The summed E-state index contributed by atoms with van der Waals surface area (Å²) in [5, 5.41) is 6.19. The number of amides is 1. The van der Waals surface area contributed by atoms with Gasteiger partial charge in [0.25, 0.3) is 0 Å². The van der Waals surface area contributed by atoms with Gasteiger partial charge in [-0.15, -0.1) is 0 Å². The Morgan fingerprint density at radius 3 is 2.58 bits per heavy atom. The van der Waals surface area contributed by atoms with Crippen molar-refractivity contribution in [2.45, 2.75) is 13.3 Å². The highest BCUT2D eigenvalue weighted by Crippen LogP contribution is 2.37. The van der Waals surface area contributed by atoms with Crippen molar-refractivity contribution in [3.05, 3.63) is 47.0 Å². The average Bonchev–Trinajstić information content (AvgIpc) is 2.84. The van der Waals surface area contributed by atoms with Crippen molar-refractivity contribution in [1.29, 1.82) is 0 Å². The van der Waals surface area contributed by atoms with Crippen LogP contribution in [0.5, 0.6) is 11.5 Å². The average molecular weight is 375 g/mol. The number of hydrogen-bond acceptors (Lipinski definition) is 5. The van der Waals surface area contributed by atoms with Gasteiger partial charge in [0.05, 0.1) is 30.5 Å². The van der Waals surface area contributed by atoms with E-state index >= 15 is 0 Å². The number of carbonyl (C=O) groups is 2. The maximum absolute atomic E-state index is 12.2. The molecule has 0 saturated carbocycles. The summed E-state index contributed by atoms with van der Waals surface area (Å²) in [6.45, 7) is 2.65. The van der Waals surface area contributed by atoms with Crippen molar-refractivity contribution < 1.29 is 19.1 Å². The third-order valence-electron chi connectivity index (χ3n) is 3.83. The zero-order valence-electron chi connectivity index (χ0n) is 14.3. The molecule has 0 fully saturated rings. The van der Waals surface area contributed by atoms with E-state index in [0.717, 1.165) is 6.42 Å².